The van der Waals surface area contributed by atoms with Crippen LogP contribution in [0.25, 0.3) is 0 Å². The first-order chi connectivity index (χ1) is 18.9. The Bertz CT molecular complexity index is 1300. The van der Waals surface area contributed by atoms with Gasteiger partial charge in [-0.15, -0.1) is 0 Å². The smallest absolute Gasteiger partial charge is 0.259 e. The molecular weight excluding hydrogens is 529 g/mol. The number of fused-ring (bicyclic) bond motifs is 1. The Hall–Kier alpha value is -3.84. The summed E-state index contributed by atoms with van der Waals surface area (Å²) in [6.45, 7) is 1.20. The van der Waals surface area contributed by atoms with Crippen molar-refractivity contribution in [3.8, 4) is 0 Å². The van der Waals surface area contributed by atoms with E-state index in [1.165, 1.54) is 24.8 Å². The number of rotatable bonds is 10. The van der Waals surface area contributed by atoms with Crippen LogP contribution in [0.1, 0.15) is 31.5 Å². The Morgan fingerprint density at radius 1 is 1.25 bits per heavy atom. The van der Waals surface area contributed by atoms with E-state index in [2.05, 4.69) is 15.4 Å². The third-order valence-electron chi connectivity index (χ3n) is 6.90. The highest BCUT2D eigenvalue weighted by atomic mass is 19.1. The normalized spacial score (nSPS) is 19.8. The molecule has 40 heavy (non-hydrogen) atoms. The SMILES string of the molecule is CC(C)(N)C(=O)NC(COCc1ccc(F)cc1F)C(=O)N1CCC2=NN(CF)C(=O)C2(Cc2ccccn2)C1. The molecule has 1 fully saturated rings. The van der Waals surface area contributed by atoms with Gasteiger partial charge in [0.1, 0.15) is 23.1 Å². The van der Waals surface area contributed by atoms with Crippen LogP contribution in [-0.2, 0) is 32.1 Å². The lowest BCUT2D eigenvalue weighted by Crippen LogP contribution is -2.61. The van der Waals surface area contributed by atoms with E-state index in [1.807, 2.05) is 0 Å². The molecule has 0 bridgehead atoms. The minimum Gasteiger partial charge on any atom is -0.374 e. The number of ether oxygens (including phenoxy) is 1. The molecule has 3 amide bonds. The number of nitrogens with one attached hydrogen (secondary N) is 1. The number of likely N-dealkylation sites (tertiary alicyclic amines) is 1. The van der Waals surface area contributed by atoms with Crippen LogP contribution in [0.4, 0.5) is 13.2 Å². The van der Waals surface area contributed by atoms with E-state index < -0.39 is 53.2 Å². The summed E-state index contributed by atoms with van der Waals surface area (Å²) in [5, 5.41) is 7.52. The van der Waals surface area contributed by atoms with E-state index >= 15 is 0 Å². The number of pyridine rings is 1. The van der Waals surface area contributed by atoms with Crippen LogP contribution < -0.4 is 11.1 Å². The van der Waals surface area contributed by atoms with Gasteiger partial charge in [0.15, 0.2) is 6.80 Å². The summed E-state index contributed by atoms with van der Waals surface area (Å²) < 4.78 is 46.5. The van der Waals surface area contributed by atoms with Gasteiger partial charge in [0.25, 0.3) is 5.91 Å². The van der Waals surface area contributed by atoms with Gasteiger partial charge in [0, 0.05) is 49.5 Å². The summed E-state index contributed by atoms with van der Waals surface area (Å²) in [7, 11) is 0. The lowest BCUT2D eigenvalue weighted by atomic mass is 9.74. The van der Waals surface area contributed by atoms with Crippen molar-refractivity contribution >= 4 is 23.4 Å². The second-order valence-electron chi connectivity index (χ2n) is 10.5. The predicted octanol–water partition coefficient (Wildman–Crippen LogP) is 1.69. The predicted molar refractivity (Wildman–Crippen MR) is 138 cm³/mol. The number of hydrazone groups is 1. The average Bonchev–Trinajstić information content (AvgIpc) is 3.19. The zero-order valence-corrected chi connectivity index (χ0v) is 22.2. The highest BCUT2D eigenvalue weighted by Crippen LogP contribution is 2.38. The number of nitrogens with two attached hydrogens (primary N) is 1. The van der Waals surface area contributed by atoms with Gasteiger partial charge in [0.2, 0.25) is 11.8 Å². The molecule has 0 radical (unpaired) electrons. The average molecular weight is 561 g/mol. The van der Waals surface area contributed by atoms with Gasteiger partial charge in [-0.25, -0.2) is 18.2 Å². The van der Waals surface area contributed by atoms with Crippen LogP contribution in [0.2, 0.25) is 0 Å². The molecule has 3 N–H and O–H groups in total. The Labute approximate surface area is 229 Å². The number of alkyl halides is 1. The molecule has 4 rings (SSSR count). The second kappa shape index (κ2) is 11.7. The van der Waals surface area contributed by atoms with Crippen LogP contribution in [-0.4, -0.2) is 76.4 Å². The van der Waals surface area contributed by atoms with E-state index in [9.17, 15) is 27.6 Å². The van der Waals surface area contributed by atoms with Gasteiger partial charge >= 0.3 is 0 Å². The van der Waals surface area contributed by atoms with Gasteiger partial charge in [-0.1, -0.05) is 12.1 Å². The number of halogens is 3. The van der Waals surface area contributed by atoms with E-state index in [4.69, 9.17) is 10.5 Å². The van der Waals surface area contributed by atoms with Crippen molar-refractivity contribution in [2.75, 3.05) is 26.5 Å². The standard InChI is InChI=1S/C27H31F3N6O4/c1-26(2,31)24(38)33-21(14-40-13-17-6-7-18(29)11-20(17)30)23(37)35-10-8-22-27(15-35,25(39)36(16-28)34-22)12-19-5-3-4-9-32-19/h3-7,9,11,21H,8,10,12-16,31H2,1-2H3,(H,33,38). The van der Waals surface area contributed by atoms with Crippen LogP contribution in [0.3, 0.4) is 0 Å². The summed E-state index contributed by atoms with van der Waals surface area (Å²) in [6.07, 6.45) is 1.87. The first kappa shape index (κ1) is 29.2. The fourth-order valence-electron chi connectivity index (χ4n) is 4.73. The minimum absolute atomic E-state index is 0.0640. The number of hydrogen-bond acceptors (Lipinski definition) is 7. The zero-order valence-electron chi connectivity index (χ0n) is 22.2. The Morgan fingerprint density at radius 3 is 2.67 bits per heavy atom. The highest BCUT2D eigenvalue weighted by molar-refractivity contribution is 6.13. The lowest BCUT2D eigenvalue weighted by molar-refractivity contribution is -0.145. The highest BCUT2D eigenvalue weighted by Gasteiger charge is 2.55. The zero-order chi connectivity index (χ0) is 29.1. The van der Waals surface area contributed by atoms with Crippen molar-refractivity contribution in [1.82, 2.24) is 20.2 Å². The van der Waals surface area contributed by atoms with Crippen molar-refractivity contribution in [2.24, 2.45) is 16.3 Å². The maximum absolute atomic E-state index is 14.1. The monoisotopic (exact) mass is 560 g/mol. The molecular formula is C27H31F3N6O4. The van der Waals surface area contributed by atoms with Crippen molar-refractivity contribution in [1.29, 1.82) is 0 Å². The molecule has 2 aliphatic heterocycles. The maximum atomic E-state index is 14.1. The quantitative estimate of drug-likeness (QED) is 0.426. The molecule has 0 aliphatic carbocycles. The third kappa shape index (κ3) is 6.15. The molecule has 214 valence electrons. The number of carbonyl (C=O) groups is 3. The molecule has 0 spiro atoms. The summed E-state index contributed by atoms with van der Waals surface area (Å²) in [6, 6.07) is 6.99. The fourth-order valence-corrected chi connectivity index (χ4v) is 4.73. The summed E-state index contributed by atoms with van der Waals surface area (Å²) >= 11 is 0. The molecule has 2 aliphatic rings. The molecule has 2 aromatic rings. The Morgan fingerprint density at radius 2 is 2.02 bits per heavy atom. The Kier molecular flexibility index (Phi) is 8.54. The number of nitrogens with zero attached hydrogens (tertiary/aromatic N) is 4. The second-order valence-corrected chi connectivity index (χ2v) is 10.5. The van der Waals surface area contributed by atoms with Gasteiger partial charge in [-0.3, -0.25) is 19.4 Å². The molecule has 1 saturated heterocycles. The van der Waals surface area contributed by atoms with Gasteiger partial charge < -0.3 is 20.7 Å². The van der Waals surface area contributed by atoms with Gasteiger partial charge in [-0.05, 0) is 32.0 Å². The first-order valence-electron chi connectivity index (χ1n) is 12.7. The summed E-state index contributed by atoms with van der Waals surface area (Å²) in [5.74, 6) is -3.34. The molecule has 10 nitrogen and oxygen atoms in total. The number of carbonyl (C=O) groups excluding carboxylic acids is 3. The number of aromatic nitrogens is 1. The molecule has 13 heteroatoms. The molecule has 3 heterocycles. The number of amides is 3. The Balaban J connectivity index is 1.56. The fraction of sp³-hybridized carbons (Fsp3) is 0.444. The van der Waals surface area contributed by atoms with E-state index in [-0.39, 0.29) is 44.7 Å². The minimum atomic E-state index is -1.33. The van der Waals surface area contributed by atoms with E-state index in [1.54, 1.807) is 24.4 Å². The van der Waals surface area contributed by atoms with E-state index in [0.717, 1.165) is 11.1 Å². The van der Waals surface area contributed by atoms with E-state index in [0.29, 0.717) is 17.5 Å². The van der Waals surface area contributed by atoms with Crippen LogP contribution in [0.5, 0.6) is 0 Å². The van der Waals surface area contributed by atoms with Crippen molar-refractivity contribution in [3.05, 3.63) is 65.5 Å². The largest absolute Gasteiger partial charge is 0.374 e. The van der Waals surface area contributed by atoms with Gasteiger partial charge in [0.05, 0.1) is 24.5 Å². The van der Waals surface area contributed by atoms with Crippen LogP contribution >= 0.6 is 0 Å². The van der Waals surface area contributed by atoms with Crippen LogP contribution in [0, 0.1) is 17.0 Å². The van der Waals surface area contributed by atoms with Crippen LogP contribution in [0.15, 0.2) is 47.7 Å². The molecule has 0 saturated carbocycles. The number of piperidine rings is 1. The summed E-state index contributed by atoms with van der Waals surface area (Å²) in [4.78, 5) is 45.5. The molecule has 2 unspecified atom stereocenters. The molecule has 1 aromatic heterocycles. The molecule has 2 atom stereocenters. The van der Waals surface area contributed by atoms with Crippen molar-refractivity contribution < 1.29 is 32.3 Å². The maximum Gasteiger partial charge on any atom is 0.259 e. The lowest BCUT2D eigenvalue weighted by Gasteiger charge is -2.40. The topological polar surface area (TPSA) is 130 Å². The van der Waals surface area contributed by atoms with Gasteiger partial charge in [-0.2, -0.15) is 5.10 Å². The first-order valence-corrected chi connectivity index (χ1v) is 12.7. The third-order valence-corrected chi connectivity index (χ3v) is 6.90. The summed E-state index contributed by atoms with van der Waals surface area (Å²) in [5.41, 5.74) is 4.35. The number of hydrogen-bond donors (Lipinski definition) is 2. The molecule has 1 aromatic carbocycles. The number of benzene rings is 1. The van der Waals surface area contributed by atoms with Crippen molar-refractivity contribution in [2.45, 2.75) is 44.9 Å². The van der Waals surface area contributed by atoms with Crippen molar-refractivity contribution in [3.63, 3.8) is 0 Å².